The van der Waals surface area contributed by atoms with Gasteiger partial charge in [0.15, 0.2) is 0 Å². The number of hydrogen-bond acceptors (Lipinski definition) is 5. The number of pyridine rings is 1. The zero-order valence-electron chi connectivity index (χ0n) is 18.6. The summed E-state index contributed by atoms with van der Waals surface area (Å²) in [6.07, 6.45) is 3.39. The van der Waals surface area contributed by atoms with E-state index in [4.69, 9.17) is 4.98 Å². The number of carbonyl (C=O) groups excluding carboxylic acids is 1. The van der Waals surface area contributed by atoms with Gasteiger partial charge in [-0.3, -0.25) is 14.8 Å². The van der Waals surface area contributed by atoms with Gasteiger partial charge in [0.25, 0.3) is 5.91 Å². The molecule has 164 valence electrons. The van der Waals surface area contributed by atoms with Gasteiger partial charge in [-0.25, -0.2) is 14.6 Å². The lowest BCUT2D eigenvalue weighted by Crippen LogP contribution is -2.14. The molecule has 0 radical (unpaired) electrons. The summed E-state index contributed by atoms with van der Waals surface area (Å²) in [4.78, 5) is 22.3. The second kappa shape index (κ2) is 8.31. The third-order valence-electron chi connectivity index (χ3n) is 5.83. The van der Waals surface area contributed by atoms with E-state index in [-0.39, 0.29) is 11.9 Å². The van der Waals surface area contributed by atoms with E-state index in [0.717, 1.165) is 27.7 Å². The number of rotatable bonds is 5. The molecule has 0 bridgehead atoms. The van der Waals surface area contributed by atoms with E-state index in [9.17, 15) is 4.79 Å². The highest BCUT2D eigenvalue weighted by molar-refractivity contribution is 6.12. The number of amides is 1. The molecule has 3 heterocycles. The van der Waals surface area contributed by atoms with Crippen LogP contribution in [0.2, 0.25) is 0 Å². The number of fused-ring (bicyclic) bond motifs is 1. The fourth-order valence-corrected chi connectivity index (χ4v) is 3.81. The second-order valence-corrected chi connectivity index (χ2v) is 7.99. The summed E-state index contributed by atoms with van der Waals surface area (Å²) >= 11 is 0. The number of carbonyl (C=O) groups is 1. The van der Waals surface area contributed by atoms with Gasteiger partial charge in [-0.15, -0.1) is 5.10 Å². The van der Waals surface area contributed by atoms with Crippen molar-refractivity contribution in [3.8, 4) is 11.3 Å². The molecule has 5 rings (SSSR count). The third-order valence-corrected chi connectivity index (χ3v) is 5.83. The minimum atomic E-state index is -0.287. The SMILES string of the molecule is Cc1ccccc1Cn1cnc(NC(=O)c2cc(-c3cnn(C)c3C)nc3ccccc23)n1. The van der Waals surface area contributed by atoms with Crippen LogP contribution in [0.25, 0.3) is 22.2 Å². The number of para-hydroxylation sites is 1. The summed E-state index contributed by atoms with van der Waals surface area (Å²) in [6, 6.07) is 17.5. The Balaban J connectivity index is 1.46. The van der Waals surface area contributed by atoms with Crippen LogP contribution in [0.5, 0.6) is 0 Å². The lowest BCUT2D eigenvalue weighted by atomic mass is 10.0. The van der Waals surface area contributed by atoms with Crippen molar-refractivity contribution in [1.29, 1.82) is 0 Å². The standard InChI is InChI=1S/C25H23N7O/c1-16-8-4-5-9-18(16)14-32-15-26-25(30-32)29-24(33)20-12-23(21-13-27-31(3)17(21)2)28-22-11-7-6-10-19(20)22/h4-13,15H,14H2,1-3H3,(H,29,30,33). The van der Waals surface area contributed by atoms with Gasteiger partial charge in [-0.05, 0) is 37.1 Å². The van der Waals surface area contributed by atoms with Crippen molar-refractivity contribution in [1.82, 2.24) is 29.5 Å². The molecule has 0 saturated heterocycles. The van der Waals surface area contributed by atoms with Gasteiger partial charge in [0.05, 0.1) is 29.5 Å². The first-order chi connectivity index (χ1) is 16.0. The second-order valence-electron chi connectivity index (χ2n) is 7.99. The van der Waals surface area contributed by atoms with Crippen LogP contribution >= 0.6 is 0 Å². The summed E-state index contributed by atoms with van der Waals surface area (Å²) in [5, 5.41) is 12.3. The van der Waals surface area contributed by atoms with E-state index in [2.05, 4.69) is 39.6 Å². The van der Waals surface area contributed by atoms with Crippen molar-refractivity contribution in [3.05, 3.63) is 89.5 Å². The van der Waals surface area contributed by atoms with Gasteiger partial charge < -0.3 is 0 Å². The first-order valence-corrected chi connectivity index (χ1v) is 10.6. The van der Waals surface area contributed by atoms with Crippen molar-refractivity contribution in [2.24, 2.45) is 7.05 Å². The molecular weight excluding hydrogens is 414 g/mol. The Bertz CT molecular complexity index is 1480. The van der Waals surface area contributed by atoms with Crippen molar-refractivity contribution >= 4 is 22.8 Å². The molecule has 1 amide bonds. The number of aromatic nitrogens is 6. The normalized spacial score (nSPS) is 11.1. The molecule has 33 heavy (non-hydrogen) atoms. The number of aryl methyl sites for hydroxylation is 2. The van der Waals surface area contributed by atoms with E-state index in [1.807, 2.05) is 50.4 Å². The fraction of sp³-hybridized carbons (Fsp3) is 0.160. The zero-order chi connectivity index (χ0) is 22.9. The lowest BCUT2D eigenvalue weighted by molar-refractivity contribution is 0.102. The summed E-state index contributed by atoms with van der Waals surface area (Å²) in [5.41, 5.74) is 6.13. The minimum absolute atomic E-state index is 0.258. The van der Waals surface area contributed by atoms with Crippen LogP contribution in [0.3, 0.4) is 0 Å². The van der Waals surface area contributed by atoms with Crippen molar-refractivity contribution in [3.63, 3.8) is 0 Å². The Labute approximate surface area is 190 Å². The predicted octanol–water partition coefficient (Wildman–Crippen LogP) is 4.14. The molecule has 5 aromatic rings. The van der Waals surface area contributed by atoms with E-state index in [1.54, 1.807) is 28.0 Å². The maximum absolute atomic E-state index is 13.3. The van der Waals surface area contributed by atoms with E-state index in [0.29, 0.717) is 17.8 Å². The van der Waals surface area contributed by atoms with Crippen LogP contribution < -0.4 is 5.32 Å². The molecule has 3 aromatic heterocycles. The first kappa shape index (κ1) is 20.6. The Hall–Kier alpha value is -4.33. The van der Waals surface area contributed by atoms with Crippen LogP contribution in [0.4, 0.5) is 5.95 Å². The highest BCUT2D eigenvalue weighted by atomic mass is 16.1. The highest BCUT2D eigenvalue weighted by Gasteiger charge is 2.17. The zero-order valence-corrected chi connectivity index (χ0v) is 18.6. The molecule has 0 spiro atoms. The monoisotopic (exact) mass is 437 g/mol. The number of nitrogens with one attached hydrogen (secondary N) is 1. The molecular formula is C25H23N7O. The molecule has 0 saturated carbocycles. The van der Waals surface area contributed by atoms with Gasteiger partial charge >= 0.3 is 0 Å². The summed E-state index contributed by atoms with van der Waals surface area (Å²) in [5.74, 6) is -0.0291. The average Bonchev–Trinajstić information content (AvgIpc) is 3.40. The third kappa shape index (κ3) is 3.98. The molecule has 2 aromatic carbocycles. The molecule has 8 heteroatoms. The smallest absolute Gasteiger partial charge is 0.258 e. The van der Waals surface area contributed by atoms with Crippen LogP contribution in [0.1, 0.15) is 27.2 Å². The number of nitrogens with zero attached hydrogens (tertiary/aromatic N) is 6. The summed E-state index contributed by atoms with van der Waals surface area (Å²) in [7, 11) is 1.88. The van der Waals surface area contributed by atoms with Crippen LogP contribution in [-0.2, 0) is 13.6 Å². The molecule has 0 aliphatic carbocycles. The van der Waals surface area contributed by atoms with E-state index < -0.39 is 0 Å². The predicted molar refractivity (Wildman–Crippen MR) is 127 cm³/mol. The average molecular weight is 438 g/mol. The van der Waals surface area contributed by atoms with Crippen LogP contribution in [0.15, 0.2) is 67.1 Å². The van der Waals surface area contributed by atoms with E-state index >= 15 is 0 Å². The topological polar surface area (TPSA) is 90.5 Å². The molecule has 0 atom stereocenters. The van der Waals surface area contributed by atoms with Crippen LogP contribution in [0, 0.1) is 13.8 Å². The molecule has 0 fully saturated rings. The first-order valence-electron chi connectivity index (χ1n) is 10.6. The lowest BCUT2D eigenvalue weighted by Gasteiger charge is -2.09. The quantitative estimate of drug-likeness (QED) is 0.446. The Morgan fingerprint density at radius 2 is 1.85 bits per heavy atom. The summed E-state index contributed by atoms with van der Waals surface area (Å²) < 4.78 is 3.50. The van der Waals surface area contributed by atoms with Crippen molar-refractivity contribution in [2.75, 3.05) is 5.32 Å². The number of hydrogen-bond donors (Lipinski definition) is 1. The maximum atomic E-state index is 13.3. The molecule has 8 nitrogen and oxygen atoms in total. The molecule has 0 unspecified atom stereocenters. The van der Waals surface area contributed by atoms with E-state index in [1.165, 1.54) is 5.56 Å². The van der Waals surface area contributed by atoms with Gasteiger partial charge in [-0.1, -0.05) is 42.5 Å². The van der Waals surface area contributed by atoms with Crippen molar-refractivity contribution < 1.29 is 4.79 Å². The van der Waals surface area contributed by atoms with Gasteiger partial charge in [0.1, 0.15) is 6.33 Å². The summed E-state index contributed by atoms with van der Waals surface area (Å²) in [6.45, 7) is 4.62. The van der Waals surface area contributed by atoms with Gasteiger partial charge in [0.2, 0.25) is 5.95 Å². The Morgan fingerprint density at radius 1 is 1.06 bits per heavy atom. The van der Waals surface area contributed by atoms with Crippen LogP contribution in [-0.4, -0.2) is 35.4 Å². The molecule has 0 aliphatic heterocycles. The Morgan fingerprint density at radius 3 is 2.64 bits per heavy atom. The molecule has 1 N–H and O–H groups in total. The highest BCUT2D eigenvalue weighted by Crippen LogP contribution is 2.27. The number of benzene rings is 2. The minimum Gasteiger partial charge on any atom is -0.289 e. The van der Waals surface area contributed by atoms with Gasteiger partial charge in [-0.2, -0.15) is 5.10 Å². The number of anilines is 1. The van der Waals surface area contributed by atoms with Crippen molar-refractivity contribution in [2.45, 2.75) is 20.4 Å². The maximum Gasteiger partial charge on any atom is 0.258 e. The Kier molecular flexibility index (Phi) is 5.18. The molecule has 0 aliphatic rings. The largest absolute Gasteiger partial charge is 0.289 e. The fourth-order valence-electron chi connectivity index (χ4n) is 3.81. The van der Waals surface area contributed by atoms with Gasteiger partial charge in [0, 0.05) is 23.7 Å².